The topological polar surface area (TPSA) is 126 Å². The number of hydrogen-bond donors (Lipinski definition) is 6. The SMILES string of the molecule is OC[C@H]1N[C@@H](c2c[nH]c3c(NP)ncnc23)[C@H](O)[C@@H]1O. The molecular weight excluding hydrogens is 281 g/mol. The van der Waals surface area contributed by atoms with Gasteiger partial charge in [0.05, 0.1) is 30.3 Å². The lowest BCUT2D eigenvalue weighted by atomic mass is 10.0. The summed E-state index contributed by atoms with van der Waals surface area (Å²) < 4.78 is 0. The molecule has 2 aromatic heterocycles. The Morgan fingerprint density at radius 2 is 2.10 bits per heavy atom. The molecular formula is C11H16N5O3P. The van der Waals surface area contributed by atoms with Gasteiger partial charge in [-0.05, 0) is 9.39 Å². The molecule has 0 aromatic carbocycles. The first-order chi connectivity index (χ1) is 9.67. The molecule has 1 aliphatic rings. The number of anilines is 1. The van der Waals surface area contributed by atoms with Gasteiger partial charge in [0, 0.05) is 11.8 Å². The van der Waals surface area contributed by atoms with Crippen molar-refractivity contribution < 1.29 is 15.3 Å². The highest BCUT2D eigenvalue weighted by Crippen LogP contribution is 2.33. The van der Waals surface area contributed by atoms with Crippen molar-refractivity contribution in [1.82, 2.24) is 20.3 Å². The third-order valence-corrected chi connectivity index (χ3v) is 3.93. The fourth-order valence-corrected chi connectivity index (χ4v) is 2.82. The third kappa shape index (κ3) is 1.97. The van der Waals surface area contributed by atoms with Gasteiger partial charge in [-0.25, -0.2) is 9.97 Å². The Bertz CT molecular complexity index is 621. The zero-order chi connectivity index (χ0) is 14.3. The molecule has 0 amide bonds. The number of aromatic amines is 1. The van der Waals surface area contributed by atoms with Crippen LogP contribution in [0.3, 0.4) is 0 Å². The molecule has 0 aliphatic carbocycles. The number of nitrogens with zero attached hydrogens (tertiary/aromatic N) is 2. The number of aromatic nitrogens is 3. The van der Waals surface area contributed by atoms with E-state index >= 15 is 0 Å². The van der Waals surface area contributed by atoms with E-state index in [2.05, 4.69) is 34.7 Å². The number of nitrogens with one attached hydrogen (secondary N) is 3. The Kier molecular flexibility index (Phi) is 3.57. The molecule has 9 heteroatoms. The molecule has 8 nitrogen and oxygen atoms in total. The lowest BCUT2D eigenvalue weighted by Crippen LogP contribution is -2.35. The summed E-state index contributed by atoms with van der Waals surface area (Å²) >= 11 is 0. The number of aliphatic hydroxyl groups is 3. The molecule has 3 rings (SSSR count). The first-order valence-electron chi connectivity index (χ1n) is 6.19. The van der Waals surface area contributed by atoms with Crippen molar-refractivity contribution in [3.63, 3.8) is 0 Å². The van der Waals surface area contributed by atoms with Crippen LogP contribution in [0.1, 0.15) is 11.6 Å². The minimum absolute atomic E-state index is 0.246. The Morgan fingerprint density at radius 3 is 2.75 bits per heavy atom. The highest BCUT2D eigenvalue weighted by molar-refractivity contribution is 7.18. The molecule has 0 bridgehead atoms. The number of fused-ring (bicyclic) bond motifs is 1. The van der Waals surface area contributed by atoms with Crippen LogP contribution in [0, 0.1) is 0 Å². The Hall–Kier alpha value is -1.31. The number of H-pyrrole nitrogens is 1. The predicted molar refractivity (Wildman–Crippen MR) is 76.0 cm³/mol. The Morgan fingerprint density at radius 1 is 1.30 bits per heavy atom. The van der Waals surface area contributed by atoms with Gasteiger partial charge < -0.3 is 30.7 Å². The van der Waals surface area contributed by atoms with Crippen molar-refractivity contribution >= 4 is 26.2 Å². The standard InChI is InChI=1S/C11H16N5O3P/c17-2-5-9(18)10(19)7(15-5)4-1-12-8-6(4)13-3-14-11(8)16-20/h1,3,5,7,9-10,12,15,17-19H,2,20H2,(H,13,14,16)/t5-,7+,9-,10+/m1/s1. The van der Waals surface area contributed by atoms with Crippen molar-refractivity contribution in [3.8, 4) is 0 Å². The molecule has 2 aromatic rings. The maximum absolute atomic E-state index is 10.1. The second-order valence-electron chi connectivity index (χ2n) is 4.75. The lowest BCUT2D eigenvalue weighted by molar-refractivity contribution is 0.0196. The number of rotatable bonds is 3. The maximum Gasteiger partial charge on any atom is 0.156 e. The lowest BCUT2D eigenvalue weighted by Gasteiger charge is -2.14. The van der Waals surface area contributed by atoms with Crippen molar-refractivity contribution in [2.24, 2.45) is 0 Å². The molecule has 0 radical (unpaired) electrons. The van der Waals surface area contributed by atoms with Crippen molar-refractivity contribution in [3.05, 3.63) is 18.1 Å². The fraction of sp³-hybridized carbons (Fsp3) is 0.455. The zero-order valence-electron chi connectivity index (χ0n) is 10.5. The molecule has 3 heterocycles. The van der Waals surface area contributed by atoms with Gasteiger partial charge in [-0.2, -0.15) is 0 Å². The Balaban J connectivity index is 2.03. The molecule has 6 N–H and O–H groups in total. The van der Waals surface area contributed by atoms with E-state index in [4.69, 9.17) is 0 Å². The minimum atomic E-state index is -1.02. The van der Waals surface area contributed by atoms with E-state index in [0.29, 0.717) is 16.9 Å². The molecule has 1 aliphatic heterocycles. The van der Waals surface area contributed by atoms with Crippen LogP contribution in [0.25, 0.3) is 11.0 Å². The second kappa shape index (κ2) is 5.23. The summed E-state index contributed by atoms with van der Waals surface area (Å²) in [4.78, 5) is 11.4. The van der Waals surface area contributed by atoms with Gasteiger partial charge in [0.25, 0.3) is 0 Å². The van der Waals surface area contributed by atoms with E-state index in [1.165, 1.54) is 6.33 Å². The van der Waals surface area contributed by atoms with Crippen LogP contribution in [0.15, 0.2) is 12.5 Å². The number of hydrogen-bond acceptors (Lipinski definition) is 7. The highest BCUT2D eigenvalue weighted by atomic mass is 31.0. The summed E-state index contributed by atoms with van der Waals surface area (Å²) in [6, 6.07) is -1.05. The summed E-state index contributed by atoms with van der Waals surface area (Å²) in [5.41, 5.74) is 2.10. The van der Waals surface area contributed by atoms with Crippen molar-refractivity contribution in [2.75, 3.05) is 11.7 Å². The van der Waals surface area contributed by atoms with E-state index < -0.39 is 24.3 Å². The smallest absolute Gasteiger partial charge is 0.156 e. The molecule has 5 atom stereocenters. The van der Waals surface area contributed by atoms with E-state index in [9.17, 15) is 15.3 Å². The van der Waals surface area contributed by atoms with Gasteiger partial charge in [-0.15, -0.1) is 0 Å². The van der Waals surface area contributed by atoms with Crippen LogP contribution in [0.4, 0.5) is 5.82 Å². The van der Waals surface area contributed by atoms with Crippen LogP contribution in [-0.2, 0) is 0 Å². The van der Waals surface area contributed by atoms with Crippen LogP contribution in [-0.4, -0.2) is 55.1 Å². The largest absolute Gasteiger partial charge is 0.395 e. The van der Waals surface area contributed by atoms with E-state index in [0.717, 1.165) is 5.56 Å². The summed E-state index contributed by atoms with van der Waals surface area (Å²) in [6.45, 7) is -0.246. The maximum atomic E-state index is 10.1. The summed E-state index contributed by atoms with van der Waals surface area (Å²) in [5.74, 6) is 0.623. The Labute approximate surface area is 116 Å². The molecule has 20 heavy (non-hydrogen) atoms. The molecule has 1 unspecified atom stereocenters. The quantitative estimate of drug-likeness (QED) is 0.396. The molecule has 0 spiro atoms. The first-order valence-corrected chi connectivity index (χ1v) is 6.76. The average molecular weight is 297 g/mol. The first kappa shape index (κ1) is 13.7. The van der Waals surface area contributed by atoms with Crippen molar-refractivity contribution in [1.29, 1.82) is 0 Å². The van der Waals surface area contributed by atoms with Gasteiger partial charge in [0.1, 0.15) is 17.9 Å². The molecule has 1 fully saturated rings. The van der Waals surface area contributed by atoms with Gasteiger partial charge in [0.2, 0.25) is 0 Å². The van der Waals surface area contributed by atoms with E-state index in [1.54, 1.807) is 6.20 Å². The predicted octanol–water partition coefficient (Wildman–Crippen LogP) is -1.11. The normalized spacial score (nSPS) is 30.0. The van der Waals surface area contributed by atoms with Gasteiger partial charge >= 0.3 is 0 Å². The highest BCUT2D eigenvalue weighted by Gasteiger charge is 2.42. The van der Waals surface area contributed by atoms with Crippen LogP contribution >= 0.6 is 9.39 Å². The molecule has 0 saturated carbocycles. The fourth-order valence-electron chi connectivity index (χ4n) is 2.60. The van der Waals surface area contributed by atoms with Gasteiger partial charge in [-0.1, -0.05) is 0 Å². The molecule has 1 saturated heterocycles. The monoisotopic (exact) mass is 297 g/mol. The minimum Gasteiger partial charge on any atom is -0.395 e. The van der Waals surface area contributed by atoms with Gasteiger partial charge in [-0.3, -0.25) is 0 Å². The van der Waals surface area contributed by atoms with E-state index in [-0.39, 0.29) is 6.61 Å². The average Bonchev–Trinajstić information content (AvgIpc) is 3.01. The van der Waals surface area contributed by atoms with Gasteiger partial charge in [0.15, 0.2) is 5.82 Å². The van der Waals surface area contributed by atoms with E-state index in [1.807, 2.05) is 0 Å². The number of aliphatic hydroxyl groups excluding tert-OH is 3. The third-order valence-electron chi connectivity index (χ3n) is 3.66. The van der Waals surface area contributed by atoms with Crippen LogP contribution in [0.5, 0.6) is 0 Å². The summed E-state index contributed by atoms with van der Waals surface area (Å²) in [6.07, 6.45) is 1.12. The molecule has 108 valence electrons. The second-order valence-corrected chi connectivity index (χ2v) is 5.04. The summed E-state index contributed by atoms with van der Waals surface area (Å²) in [7, 11) is 2.36. The summed E-state index contributed by atoms with van der Waals surface area (Å²) in [5, 5.41) is 35.1. The van der Waals surface area contributed by atoms with Crippen LogP contribution in [0.2, 0.25) is 0 Å². The van der Waals surface area contributed by atoms with Crippen molar-refractivity contribution in [2.45, 2.75) is 24.3 Å². The zero-order valence-corrected chi connectivity index (χ0v) is 11.6. The van der Waals surface area contributed by atoms with Crippen LogP contribution < -0.4 is 10.4 Å².